The number of fused-ring (bicyclic) bond motifs is 1. The van der Waals surface area contributed by atoms with Gasteiger partial charge in [0.25, 0.3) is 0 Å². The Morgan fingerprint density at radius 2 is 2.31 bits per heavy atom. The molecule has 2 rings (SSSR count). The molecule has 0 saturated carbocycles. The molecule has 0 aliphatic carbocycles. The molecular formula is C12H21N. The molecule has 0 amide bonds. The Labute approximate surface area is 81.8 Å². The fourth-order valence-corrected chi connectivity index (χ4v) is 3.03. The summed E-state index contributed by atoms with van der Waals surface area (Å²) in [5.74, 6) is 0. The second kappa shape index (κ2) is 3.83. The van der Waals surface area contributed by atoms with Gasteiger partial charge in [0, 0.05) is 12.1 Å². The molecule has 1 heteroatoms. The highest BCUT2D eigenvalue weighted by Crippen LogP contribution is 2.34. The van der Waals surface area contributed by atoms with Crippen molar-refractivity contribution in [3.63, 3.8) is 0 Å². The van der Waals surface area contributed by atoms with E-state index in [0.717, 1.165) is 12.1 Å². The predicted molar refractivity (Wildman–Crippen MR) is 56.8 cm³/mol. The highest BCUT2D eigenvalue weighted by molar-refractivity contribution is 5.08. The van der Waals surface area contributed by atoms with E-state index < -0.39 is 0 Å². The maximum absolute atomic E-state index is 4.18. The lowest BCUT2D eigenvalue weighted by atomic mass is 9.90. The lowest BCUT2D eigenvalue weighted by Crippen LogP contribution is -2.43. The van der Waals surface area contributed by atoms with Crippen molar-refractivity contribution in [3.8, 4) is 0 Å². The van der Waals surface area contributed by atoms with Crippen LogP contribution < -0.4 is 0 Å². The highest BCUT2D eigenvalue weighted by atomic mass is 15.2. The first-order valence-corrected chi connectivity index (χ1v) is 5.73. The van der Waals surface area contributed by atoms with Crippen LogP contribution in [0.4, 0.5) is 0 Å². The maximum atomic E-state index is 4.18. The molecular weight excluding hydrogens is 158 g/mol. The average Bonchev–Trinajstić information content (AvgIpc) is 2.52. The van der Waals surface area contributed by atoms with Crippen LogP contribution in [-0.4, -0.2) is 23.5 Å². The van der Waals surface area contributed by atoms with E-state index in [9.17, 15) is 0 Å². The van der Waals surface area contributed by atoms with Gasteiger partial charge < -0.3 is 0 Å². The van der Waals surface area contributed by atoms with E-state index in [0.29, 0.717) is 0 Å². The van der Waals surface area contributed by atoms with E-state index in [1.807, 2.05) is 0 Å². The summed E-state index contributed by atoms with van der Waals surface area (Å²) in [5, 5.41) is 0. The van der Waals surface area contributed by atoms with Crippen LogP contribution in [0.5, 0.6) is 0 Å². The summed E-state index contributed by atoms with van der Waals surface area (Å²) in [6.45, 7) is 7.82. The molecule has 2 aliphatic rings. The number of hydrogen-bond acceptors (Lipinski definition) is 1. The van der Waals surface area contributed by atoms with Gasteiger partial charge >= 0.3 is 0 Å². The van der Waals surface area contributed by atoms with Gasteiger partial charge in [-0.15, -0.1) is 0 Å². The molecule has 1 nitrogen and oxygen atoms in total. The molecule has 0 bridgehead atoms. The number of piperidine rings is 1. The molecule has 0 aromatic rings. The lowest BCUT2D eigenvalue weighted by molar-refractivity contribution is 0.142. The Balaban J connectivity index is 2.03. The number of rotatable bonds is 2. The molecule has 2 saturated heterocycles. The van der Waals surface area contributed by atoms with E-state index in [2.05, 4.69) is 18.4 Å². The minimum Gasteiger partial charge on any atom is -0.297 e. The van der Waals surface area contributed by atoms with Crippen molar-refractivity contribution in [1.82, 2.24) is 4.90 Å². The fourth-order valence-electron chi connectivity index (χ4n) is 3.03. The second-order valence-electron chi connectivity index (χ2n) is 4.63. The van der Waals surface area contributed by atoms with Crippen LogP contribution in [0, 0.1) is 0 Å². The van der Waals surface area contributed by atoms with E-state index >= 15 is 0 Å². The van der Waals surface area contributed by atoms with E-state index in [-0.39, 0.29) is 0 Å². The molecule has 2 aliphatic heterocycles. The van der Waals surface area contributed by atoms with Gasteiger partial charge in [0.1, 0.15) is 0 Å². The summed E-state index contributed by atoms with van der Waals surface area (Å²) in [6, 6.07) is 1.69. The molecule has 13 heavy (non-hydrogen) atoms. The van der Waals surface area contributed by atoms with Crippen molar-refractivity contribution >= 4 is 0 Å². The van der Waals surface area contributed by atoms with E-state index in [4.69, 9.17) is 0 Å². The predicted octanol–water partition coefficient (Wildman–Crippen LogP) is 2.97. The Hall–Kier alpha value is -0.300. The standard InChI is InChI=1S/C12H21N/c1-3-5-11-8-10(2)9-12-6-4-7-13(11)12/h11-12H,2-9H2,1H3/t11-,12+/m1/s1. The topological polar surface area (TPSA) is 3.24 Å². The summed E-state index contributed by atoms with van der Waals surface area (Å²) in [4.78, 5) is 2.75. The summed E-state index contributed by atoms with van der Waals surface area (Å²) < 4.78 is 0. The minimum atomic E-state index is 0.832. The zero-order valence-electron chi connectivity index (χ0n) is 8.76. The molecule has 0 spiro atoms. The third-order valence-electron chi connectivity index (χ3n) is 3.56. The first kappa shape index (κ1) is 9.26. The highest BCUT2D eigenvalue weighted by Gasteiger charge is 2.34. The Kier molecular flexibility index (Phi) is 2.73. The number of nitrogens with zero attached hydrogens (tertiary/aromatic N) is 1. The van der Waals surface area contributed by atoms with Crippen molar-refractivity contribution < 1.29 is 0 Å². The number of hydrogen-bond donors (Lipinski definition) is 0. The smallest absolute Gasteiger partial charge is 0.0136 e. The quantitative estimate of drug-likeness (QED) is 0.589. The van der Waals surface area contributed by atoms with Gasteiger partial charge in [0.05, 0.1) is 0 Å². The van der Waals surface area contributed by atoms with Gasteiger partial charge in [-0.2, -0.15) is 0 Å². The van der Waals surface area contributed by atoms with Gasteiger partial charge in [-0.1, -0.05) is 25.5 Å². The van der Waals surface area contributed by atoms with Crippen molar-refractivity contribution in [2.45, 2.75) is 57.5 Å². The molecule has 0 aromatic heterocycles. The van der Waals surface area contributed by atoms with E-state index in [1.165, 1.54) is 50.6 Å². The van der Waals surface area contributed by atoms with Crippen LogP contribution in [0.2, 0.25) is 0 Å². The molecule has 0 aromatic carbocycles. The van der Waals surface area contributed by atoms with Gasteiger partial charge in [-0.05, 0) is 38.6 Å². The zero-order valence-corrected chi connectivity index (χ0v) is 8.76. The average molecular weight is 179 g/mol. The molecule has 0 radical (unpaired) electrons. The molecule has 2 heterocycles. The molecule has 0 unspecified atom stereocenters. The minimum absolute atomic E-state index is 0.832. The van der Waals surface area contributed by atoms with Crippen molar-refractivity contribution in [1.29, 1.82) is 0 Å². The van der Waals surface area contributed by atoms with Crippen LogP contribution in [0.25, 0.3) is 0 Å². The lowest BCUT2D eigenvalue weighted by Gasteiger charge is -2.38. The Morgan fingerprint density at radius 1 is 1.46 bits per heavy atom. The Morgan fingerprint density at radius 3 is 3.08 bits per heavy atom. The summed E-state index contributed by atoms with van der Waals surface area (Å²) in [7, 11) is 0. The summed E-state index contributed by atoms with van der Waals surface area (Å²) >= 11 is 0. The molecule has 74 valence electrons. The monoisotopic (exact) mass is 179 g/mol. The van der Waals surface area contributed by atoms with Gasteiger partial charge in [-0.3, -0.25) is 4.90 Å². The normalized spacial score (nSPS) is 35.0. The van der Waals surface area contributed by atoms with Crippen LogP contribution in [-0.2, 0) is 0 Å². The van der Waals surface area contributed by atoms with Crippen LogP contribution in [0.1, 0.15) is 45.4 Å². The molecule has 2 atom stereocenters. The van der Waals surface area contributed by atoms with Crippen LogP contribution in [0.15, 0.2) is 12.2 Å². The van der Waals surface area contributed by atoms with Gasteiger partial charge in [-0.25, -0.2) is 0 Å². The molecule has 0 N–H and O–H groups in total. The fraction of sp³-hybridized carbons (Fsp3) is 0.833. The van der Waals surface area contributed by atoms with Crippen LogP contribution in [0.3, 0.4) is 0 Å². The summed E-state index contributed by atoms with van der Waals surface area (Å²) in [6.07, 6.45) is 8.07. The zero-order chi connectivity index (χ0) is 9.26. The maximum Gasteiger partial charge on any atom is 0.0136 e. The largest absolute Gasteiger partial charge is 0.297 e. The van der Waals surface area contributed by atoms with E-state index in [1.54, 1.807) is 0 Å². The van der Waals surface area contributed by atoms with Crippen LogP contribution >= 0.6 is 0 Å². The first-order valence-electron chi connectivity index (χ1n) is 5.73. The van der Waals surface area contributed by atoms with Crippen molar-refractivity contribution in [2.75, 3.05) is 6.54 Å². The van der Waals surface area contributed by atoms with Gasteiger partial charge in [0.15, 0.2) is 0 Å². The van der Waals surface area contributed by atoms with Gasteiger partial charge in [0.2, 0.25) is 0 Å². The molecule has 2 fully saturated rings. The Bertz CT molecular complexity index is 197. The summed E-state index contributed by atoms with van der Waals surface area (Å²) in [5.41, 5.74) is 1.50. The third-order valence-corrected chi connectivity index (χ3v) is 3.56. The van der Waals surface area contributed by atoms with Crippen molar-refractivity contribution in [2.24, 2.45) is 0 Å². The SMILES string of the molecule is C=C1C[C@@H](CCC)N2CCC[C@H]2C1. The first-order chi connectivity index (χ1) is 6.31. The second-order valence-corrected chi connectivity index (χ2v) is 4.63. The van der Waals surface area contributed by atoms with Crippen molar-refractivity contribution in [3.05, 3.63) is 12.2 Å². The third kappa shape index (κ3) is 1.80.